The summed E-state index contributed by atoms with van der Waals surface area (Å²) < 4.78 is 0. The minimum atomic E-state index is -0.509. The van der Waals surface area contributed by atoms with Crippen LogP contribution < -0.4 is 16.0 Å². The fourth-order valence-corrected chi connectivity index (χ4v) is 3.00. The summed E-state index contributed by atoms with van der Waals surface area (Å²) in [6, 6.07) is 10.8. The van der Waals surface area contributed by atoms with Crippen molar-refractivity contribution < 1.29 is 4.79 Å². The lowest BCUT2D eigenvalue weighted by molar-refractivity contribution is -0.128. The van der Waals surface area contributed by atoms with Gasteiger partial charge in [-0.25, -0.2) is 0 Å². The molecule has 0 aliphatic rings. The van der Waals surface area contributed by atoms with Crippen LogP contribution in [0.2, 0.25) is 0 Å². The molecule has 0 saturated heterocycles. The van der Waals surface area contributed by atoms with Gasteiger partial charge in [-0.2, -0.15) is 0 Å². The fraction of sp³-hybridized carbons (Fsp3) is 0.619. The first-order valence-corrected chi connectivity index (χ1v) is 9.91. The molecule has 1 unspecified atom stereocenters. The highest BCUT2D eigenvalue weighted by molar-refractivity contribution is 5.84. The van der Waals surface area contributed by atoms with Crippen LogP contribution in [0.3, 0.4) is 0 Å². The zero-order valence-electron chi connectivity index (χ0n) is 17.8. The Kier molecular flexibility index (Phi) is 9.86. The third-order valence-corrected chi connectivity index (χ3v) is 4.77. The van der Waals surface area contributed by atoms with Gasteiger partial charge in [0.25, 0.3) is 0 Å². The summed E-state index contributed by atoms with van der Waals surface area (Å²) in [5.41, 5.74) is 0.775. The Morgan fingerprint density at radius 3 is 2.22 bits per heavy atom. The molecule has 0 heterocycles. The first-order chi connectivity index (χ1) is 12.9. The Hall–Kier alpha value is -2.08. The maximum Gasteiger partial charge on any atom is 0.227 e. The Labute approximate surface area is 164 Å². The van der Waals surface area contributed by atoms with Crippen molar-refractivity contribution in [2.24, 2.45) is 10.4 Å². The second kappa shape index (κ2) is 11.6. The smallest absolute Gasteiger partial charge is 0.227 e. The van der Waals surface area contributed by atoms with Crippen molar-refractivity contribution in [1.29, 1.82) is 0 Å². The molecule has 0 aliphatic carbocycles. The molecular weight excluding hydrogens is 338 g/mol. The molecule has 1 atom stereocenters. The van der Waals surface area contributed by atoms with E-state index in [1.54, 1.807) is 7.05 Å². The number of hydrogen-bond acceptors (Lipinski definition) is 3. The topological polar surface area (TPSA) is 68.8 Å². The molecule has 0 bridgehead atoms. The Morgan fingerprint density at radius 1 is 1.07 bits per heavy atom. The molecule has 152 valence electrons. The van der Waals surface area contributed by atoms with Gasteiger partial charge in [0.2, 0.25) is 5.91 Å². The summed E-state index contributed by atoms with van der Waals surface area (Å²) >= 11 is 0. The van der Waals surface area contributed by atoms with E-state index in [9.17, 15) is 4.79 Å². The zero-order chi connectivity index (χ0) is 20.3. The first kappa shape index (κ1) is 23.0. The summed E-state index contributed by atoms with van der Waals surface area (Å²) in [5.74, 6) is 0.749. The quantitative estimate of drug-likeness (QED) is 0.434. The standard InChI is InChI=1S/C21H37N5O/c1-7-23-19(27)21(4,5)16-25-20(22-6)24-15-18(26(8-2)9-3)17-13-11-10-12-14-17/h10-14,18H,7-9,15-16H2,1-6H3,(H,23,27)(H2,22,24,25). The highest BCUT2D eigenvalue weighted by Crippen LogP contribution is 2.19. The molecule has 0 spiro atoms. The highest BCUT2D eigenvalue weighted by atomic mass is 16.2. The number of guanidine groups is 1. The molecule has 0 saturated carbocycles. The number of amides is 1. The molecule has 0 aromatic heterocycles. The van der Waals surface area contributed by atoms with Crippen LogP contribution in [0.4, 0.5) is 0 Å². The van der Waals surface area contributed by atoms with Crippen molar-refractivity contribution in [1.82, 2.24) is 20.9 Å². The summed E-state index contributed by atoms with van der Waals surface area (Å²) in [4.78, 5) is 18.9. The number of likely N-dealkylation sites (N-methyl/N-ethyl adjacent to an activating group) is 1. The summed E-state index contributed by atoms with van der Waals surface area (Å²) in [6.07, 6.45) is 0. The van der Waals surface area contributed by atoms with Crippen LogP contribution in [0, 0.1) is 5.41 Å². The fourth-order valence-electron chi connectivity index (χ4n) is 3.00. The van der Waals surface area contributed by atoms with E-state index in [1.807, 2.05) is 26.8 Å². The number of aliphatic imine (C=N–C) groups is 1. The van der Waals surface area contributed by atoms with Crippen molar-refractivity contribution in [3.05, 3.63) is 35.9 Å². The summed E-state index contributed by atoms with van der Waals surface area (Å²) in [7, 11) is 1.75. The van der Waals surface area contributed by atoms with Gasteiger partial charge in [-0.05, 0) is 39.4 Å². The van der Waals surface area contributed by atoms with Gasteiger partial charge in [-0.15, -0.1) is 0 Å². The van der Waals surface area contributed by atoms with Gasteiger partial charge >= 0.3 is 0 Å². The minimum absolute atomic E-state index is 0.0401. The predicted molar refractivity (Wildman–Crippen MR) is 114 cm³/mol. The normalized spacial score (nSPS) is 13.4. The lowest BCUT2D eigenvalue weighted by Gasteiger charge is -2.31. The molecule has 0 aliphatic heterocycles. The maximum atomic E-state index is 12.2. The van der Waals surface area contributed by atoms with E-state index in [-0.39, 0.29) is 11.9 Å². The molecule has 27 heavy (non-hydrogen) atoms. The van der Waals surface area contributed by atoms with Gasteiger partial charge in [-0.3, -0.25) is 14.7 Å². The van der Waals surface area contributed by atoms with Gasteiger partial charge in [0.1, 0.15) is 0 Å². The molecule has 6 heteroatoms. The van der Waals surface area contributed by atoms with E-state index < -0.39 is 5.41 Å². The van der Waals surface area contributed by atoms with E-state index in [0.717, 1.165) is 19.6 Å². The molecule has 6 nitrogen and oxygen atoms in total. The summed E-state index contributed by atoms with van der Waals surface area (Å²) in [6.45, 7) is 14.0. The summed E-state index contributed by atoms with van der Waals surface area (Å²) in [5, 5.41) is 9.60. The lowest BCUT2D eigenvalue weighted by Crippen LogP contribution is -2.49. The van der Waals surface area contributed by atoms with Crippen molar-refractivity contribution >= 4 is 11.9 Å². The molecule has 3 N–H and O–H groups in total. The van der Waals surface area contributed by atoms with Crippen LogP contribution >= 0.6 is 0 Å². The van der Waals surface area contributed by atoms with E-state index in [0.29, 0.717) is 19.0 Å². The van der Waals surface area contributed by atoms with Gasteiger partial charge in [-0.1, -0.05) is 44.2 Å². The SMILES string of the molecule is CCNC(=O)C(C)(C)CNC(=NC)NCC(c1ccccc1)N(CC)CC. The van der Waals surface area contributed by atoms with Crippen molar-refractivity contribution in [3.63, 3.8) is 0 Å². The Balaban J connectivity index is 2.73. The molecule has 1 amide bonds. The number of nitrogens with zero attached hydrogens (tertiary/aromatic N) is 2. The molecule has 0 fully saturated rings. The molecule has 1 aromatic rings. The Morgan fingerprint density at radius 2 is 1.70 bits per heavy atom. The van der Waals surface area contributed by atoms with Gasteiger partial charge in [0.05, 0.1) is 11.5 Å². The number of hydrogen-bond donors (Lipinski definition) is 3. The average Bonchev–Trinajstić information content (AvgIpc) is 2.68. The van der Waals surface area contributed by atoms with Crippen LogP contribution in [-0.4, -0.2) is 56.5 Å². The molecule has 1 aromatic carbocycles. The second-order valence-electron chi connectivity index (χ2n) is 7.20. The second-order valence-corrected chi connectivity index (χ2v) is 7.20. The average molecular weight is 376 g/mol. The van der Waals surface area contributed by atoms with Gasteiger partial charge in [0.15, 0.2) is 5.96 Å². The van der Waals surface area contributed by atoms with E-state index >= 15 is 0 Å². The number of rotatable bonds is 10. The third kappa shape index (κ3) is 7.21. The van der Waals surface area contributed by atoms with Gasteiger partial charge < -0.3 is 16.0 Å². The minimum Gasteiger partial charge on any atom is -0.356 e. The number of carbonyl (C=O) groups excluding carboxylic acids is 1. The van der Waals surface area contributed by atoms with Crippen molar-refractivity contribution in [2.75, 3.05) is 39.8 Å². The van der Waals surface area contributed by atoms with E-state index in [4.69, 9.17) is 0 Å². The molecule has 0 radical (unpaired) electrons. The number of nitrogens with one attached hydrogen (secondary N) is 3. The van der Waals surface area contributed by atoms with Crippen LogP contribution in [0.25, 0.3) is 0 Å². The van der Waals surface area contributed by atoms with Crippen LogP contribution in [0.1, 0.15) is 46.2 Å². The van der Waals surface area contributed by atoms with Crippen LogP contribution in [0.5, 0.6) is 0 Å². The monoisotopic (exact) mass is 375 g/mol. The predicted octanol–water partition coefficient (Wildman–Crippen LogP) is 2.40. The van der Waals surface area contributed by atoms with Crippen molar-refractivity contribution in [2.45, 2.75) is 40.7 Å². The van der Waals surface area contributed by atoms with E-state index in [2.05, 4.69) is 64.0 Å². The zero-order valence-corrected chi connectivity index (χ0v) is 17.8. The maximum absolute atomic E-state index is 12.2. The highest BCUT2D eigenvalue weighted by Gasteiger charge is 2.27. The lowest BCUT2D eigenvalue weighted by atomic mass is 9.92. The van der Waals surface area contributed by atoms with Crippen LogP contribution in [-0.2, 0) is 4.79 Å². The van der Waals surface area contributed by atoms with Crippen LogP contribution in [0.15, 0.2) is 35.3 Å². The Bertz CT molecular complexity index is 581. The third-order valence-electron chi connectivity index (χ3n) is 4.77. The largest absolute Gasteiger partial charge is 0.356 e. The van der Waals surface area contributed by atoms with Gasteiger partial charge in [0, 0.05) is 26.7 Å². The van der Waals surface area contributed by atoms with Crippen molar-refractivity contribution in [3.8, 4) is 0 Å². The van der Waals surface area contributed by atoms with E-state index in [1.165, 1.54) is 5.56 Å². The molecule has 1 rings (SSSR count). The number of carbonyl (C=O) groups is 1. The molecular formula is C21H37N5O. The first-order valence-electron chi connectivity index (χ1n) is 9.91. The number of benzene rings is 1.